The molecule has 0 aromatic carbocycles. The zero-order valence-electron chi connectivity index (χ0n) is 11.4. The molecule has 3 saturated carbocycles. The van der Waals surface area contributed by atoms with Crippen LogP contribution < -0.4 is 5.32 Å². The largest absolute Gasteiger partial charge is 0.380 e. The Morgan fingerprint density at radius 3 is 2.89 bits per heavy atom. The second kappa shape index (κ2) is 5.75. The number of rotatable bonds is 7. The Hall–Kier alpha value is -0.340. The van der Waals surface area contributed by atoms with Crippen molar-refractivity contribution in [3.63, 3.8) is 0 Å². The Labute approximate surface area is 111 Å². The van der Waals surface area contributed by atoms with Crippen LogP contribution >= 0.6 is 0 Å². The van der Waals surface area contributed by atoms with Crippen molar-refractivity contribution < 1.29 is 4.74 Å². The fraction of sp³-hybridized carbons (Fsp3) is 0.875. The van der Waals surface area contributed by atoms with E-state index in [1.165, 1.54) is 32.1 Å². The van der Waals surface area contributed by atoms with E-state index in [4.69, 9.17) is 4.74 Å². The number of hydrogen-bond donors (Lipinski definition) is 1. The second-order valence-electron chi connectivity index (χ2n) is 6.40. The van der Waals surface area contributed by atoms with Crippen molar-refractivity contribution in [3.8, 4) is 0 Å². The van der Waals surface area contributed by atoms with Crippen LogP contribution in [-0.4, -0.2) is 25.8 Å². The lowest BCUT2D eigenvalue weighted by Crippen LogP contribution is -2.40. The van der Waals surface area contributed by atoms with Crippen molar-refractivity contribution >= 4 is 0 Å². The van der Waals surface area contributed by atoms with Crippen LogP contribution in [0.25, 0.3) is 0 Å². The van der Waals surface area contributed by atoms with Crippen LogP contribution in [0.15, 0.2) is 12.7 Å². The highest BCUT2D eigenvalue weighted by Crippen LogP contribution is 2.58. The van der Waals surface area contributed by atoms with E-state index in [-0.39, 0.29) is 0 Å². The van der Waals surface area contributed by atoms with E-state index in [1.807, 2.05) is 6.08 Å². The molecule has 5 unspecified atom stereocenters. The van der Waals surface area contributed by atoms with Crippen LogP contribution in [0.4, 0.5) is 0 Å². The number of hydrogen-bond acceptors (Lipinski definition) is 2. The summed E-state index contributed by atoms with van der Waals surface area (Å²) in [7, 11) is 0. The monoisotopic (exact) mass is 249 g/mol. The Kier molecular flexibility index (Phi) is 4.05. The second-order valence-corrected chi connectivity index (χ2v) is 6.40. The molecule has 0 amide bonds. The van der Waals surface area contributed by atoms with E-state index >= 15 is 0 Å². The zero-order valence-corrected chi connectivity index (χ0v) is 11.4. The molecule has 3 rings (SSSR count). The van der Waals surface area contributed by atoms with Crippen LogP contribution in [0.5, 0.6) is 0 Å². The number of nitrogens with one attached hydrogen (secondary N) is 1. The molecule has 2 nitrogen and oxygen atoms in total. The average Bonchev–Trinajstić information content (AvgIpc) is 3.04. The Bertz CT molecular complexity index is 291. The van der Waals surface area contributed by atoms with E-state index in [0.717, 1.165) is 55.9 Å². The van der Waals surface area contributed by atoms with Gasteiger partial charge >= 0.3 is 0 Å². The first-order valence-electron chi connectivity index (χ1n) is 7.82. The van der Waals surface area contributed by atoms with Gasteiger partial charge in [0.15, 0.2) is 0 Å². The van der Waals surface area contributed by atoms with Gasteiger partial charge in [-0.2, -0.15) is 0 Å². The summed E-state index contributed by atoms with van der Waals surface area (Å²) in [6, 6.07) is 0.803. The minimum Gasteiger partial charge on any atom is -0.380 e. The van der Waals surface area contributed by atoms with E-state index in [0.29, 0.717) is 0 Å². The molecule has 3 aliphatic rings. The van der Waals surface area contributed by atoms with E-state index in [2.05, 4.69) is 11.9 Å². The van der Waals surface area contributed by atoms with Crippen molar-refractivity contribution in [1.29, 1.82) is 0 Å². The van der Waals surface area contributed by atoms with Gasteiger partial charge in [0.1, 0.15) is 0 Å². The molecule has 0 saturated heterocycles. The van der Waals surface area contributed by atoms with Crippen molar-refractivity contribution in [2.24, 2.45) is 23.7 Å². The smallest absolute Gasteiger partial charge is 0.0591 e. The molecule has 2 heteroatoms. The lowest BCUT2D eigenvalue weighted by atomic mass is 9.79. The van der Waals surface area contributed by atoms with Gasteiger partial charge in [0, 0.05) is 12.6 Å². The van der Waals surface area contributed by atoms with Gasteiger partial charge in [-0.15, -0.1) is 6.58 Å². The SMILES string of the molecule is C=CCCOCCNC1CC2CC1C1CCCC21. The molecule has 5 atom stereocenters. The normalized spacial score (nSPS) is 41.2. The minimum atomic E-state index is 0.803. The maximum atomic E-state index is 5.57. The summed E-state index contributed by atoms with van der Waals surface area (Å²) >= 11 is 0. The first-order valence-corrected chi connectivity index (χ1v) is 7.82. The molecule has 0 aromatic heterocycles. The molecule has 102 valence electrons. The topological polar surface area (TPSA) is 21.3 Å². The molecule has 0 heterocycles. The van der Waals surface area contributed by atoms with Gasteiger partial charge in [-0.05, 0) is 55.8 Å². The Morgan fingerprint density at radius 1 is 1.11 bits per heavy atom. The molecule has 2 bridgehead atoms. The molecule has 3 aliphatic carbocycles. The summed E-state index contributed by atoms with van der Waals surface area (Å²) in [5, 5.41) is 3.75. The van der Waals surface area contributed by atoms with E-state index < -0.39 is 0 Å². The summed E-state index contributed by atoms with van der Waals surface area (Å²) in [4.78, 5) is 0. The quantitative estimate of drug-likeness (QED) is 0.553. The predicted molar refractivity (Wildman–Crippen MR) is 74.5 cm³/mol. The van der Waals surface area contributed by atoms with Crippen molar-refractivity contribution in [2.75, 3.05) is 19.8 Å². The Balaban J connectivity index is 1.36. The maximum absolute atomic E-state index is 5.57. The van der Waals surface area contributed by atoms with Gasteiger partial charge in [0.25, 0.3) is 0 Å². The predicted octanol–water partition coefficient (Wildman–Crippen LogP) is 2.99. The van der Waals surface area contributed by atoms with Crippen molar-refractivity contribution in [3.05, 3.63) is 12.7 Å². The van der Waals surface area contributed by atoms with Gasteiger partial charge in [-0.3, -0.25) is 0 Å². The van der Waals surface area contributed by atoms with E-state index in [1.54, 1.807) is 0 Å². The van der Waals surface area contributed by atoms with Crippen LogP contribution in [0.1, 0.15) is 38.5 Å². The fourth-order valence-corrected chi connectivity index (χ4v) is 4.89. The third-order valence-corrected chi connectivity index (χ3v) is 5.55. The third-order valence-electron chi connectivity index (χ3n) is 5.55. The number of ether oxygens (including phenoxy) is 1. The summed E-state index contributed by atoms with van der Waals surface area (Å²) in [5.74, 6) is 4.23. The highest BCUT2D eigenvalue weighted by atomic mass is 16.5. The zero-order chi connectivity index (χ0) is 12.4. The minimum absolute atomic E-state index is 0.803. The molecule has 18 heavy (non-hydrogen) atoms. The highest BCUT2D eigenvalue weighted by molar-refractivity contribution is 5.05. The van der Waals surface area contributed by atoms with Gasteiger partial charge in [-0.25, -0.2) is 0 Å². The average molecular weight is 249 g/mol. The lowest BCUT2D eigenvalue weighted by molar-refractivity contribution is 0.130. The van der Waals surface area contributed by atoms with Gasteiger partial charge in [0.05, 0.1) is 13.2 Å². The summed E-state index contributed by atoms with van der Waals surface area (Å²) < 4.78 is 5.57. The lowest BCUT2D eigenvalue weighted by Gasteiger charge is -2.32. The first-order chi connectivity index (χ1) is 8.90. The Morgan fingerprint density at radius 2 is 2.00 bits per heavy atom. The molecule has 0 spiro atoms. The van der Waals surface area contributed by atoms with Gasteiger partial charge in [0.2, 0.25) is 0 Å². The van der Waals surface area contributed by atoms with Crippen LogP contribution in [0, 0.1) is 23.7 Å². The maximum Gasteiger partial charge on any atom is 0.0591 e. The molecule has 0 radical (unpaired) electrons. The highest BCUT2D eigenvalue weighted by Gasteiger charge is 2.53. The molecule has 3 fully saturated rings. The molecule has 0 aromatic rings. The van der Waals surface area contributed by atoms with E-state index in [9.17, 15) is 0 Å². The van der Waals surface area contributed by atoms with Crippen molar-refractivity contribution in [1.82, 2.24) is 5.32 Å². The molecular formula is C16H27NO. The fourth-order valence-electron chi connectivity index (χ4n) is 4.89. The molecule has 1 N–H and O–H groups in total. The summed E-state index contributed by atoms with van der Waals surface area (Å²) in [6.07, 6.45) is 10.4. The van der Waals surface area contributed by atoms with Gasteiger partial charge in [-0.1, -0.05) is 12.5 Å². The van der Waals surface area contributed by atoms with Crippen molar-refractivity contribution in [2.45, 2.75) is 44.6 Å². The standard InChI is InChI=1S/C16H27NO/c1-2-3-8-18-9-7-17-16-11-12-10-15(16)14-6-4-5-13(12)14/h2,12-17H,1,3-11H2. The number of fused-ring (bicyclic) bond motifs is 5. The van der Waals surface area contributed by atoms with Crippen LogP contribution in [0.3, 0.4) is 0 Å². The summed E-state index contributed by atoms with van der Waals surface area (Å²) in [5.41, 5.74) is 0. The van der Waals surface area contributed by atoms with Crippen LogP contribution in [0.2, 0.25) is 0 Å². The third kappa shape index (κ3) is 2.37. The van der Waals surface area contributed by atoms with Crippen LogP contribution in [-0.2, 0) is 4.74 Å². The van der Waals surface area contributed by atoms with Gasteiger partial charge < -0.3 is 10.1 Å². The molecular weight excluding hydrogens is 222 g/mol. The first kappa shape index (κ1) is 12.7. The summed E-state index contributed by atoms with van der Waals surface area (Å²) in [6.45, 7) is 6.42. The molecule has 0 aliphatic heterocycles.